The summed E-state index contributed by atoms with van der Waals surface area (Å²) in [6.07, 6.45) is 51.5. The highest BCUT2D eigenvalue weighted by atomic mass is 16.7. The van der Waals surface area contributed by atoms with Crippen LogP contribution in [0.25, 0.3) is 0 Å². The molecule has 0 aromatic rings. The fourth-order valence-corrected chi connectivity index (χ4v) is 8.69. The van der Waals surface area contributed by atoms with E-state index in [0.29, 0.717) is 19.3 Å². The van der Waals surface area contributed by atoms with E-state index in [1.807, 2.05) is 0 Å². The van der Waals surface area contributed by atoms with E-state index in [4.69, 9.17) is 23.7 Å². The Bertz CT molecular complexity index is 1580. The van der Waals surface area contributed by atoms with Crippen LogP contribution in [0, 0.1) is 0 Å². The molecule has 75 heavy (non-hydrogen) atoms. The number of carbonyl (C=O) groups is 4. The zero-order chi connectivity index (χ0) is 54.7. The Kier molecular flexibility index (Phi) is 47.0. The van der Waals surface area contributed by atoms with Gasteiger partial charge in [0.2, 0.25) is 0 Å². The molecule has 0 aromatic carbocycles. The molecule has 1 saturated heterocycles. The standard InChI is InChI=1S/C63H106O12/c1-4-7-10-13-16-19-22-25-26-27-28-29-30-33-36-39-42-45-48-51-57(66)74-61-59(68)58(67)60(62(69)70)75-63(61)72-53-54(73-56(65)50-47-44-41-38-35-32-24-21-18-15-12-9-6-3)52-71-55(64)49-46-43-40-37-34-31-23-20-17-14-11-8-5-2/h7,10-11,14,16,19-20,23,25-26,28-29,54,58-61,63,67-68H,4-6,8-9,12-13,15,17-18,21-22,24,27,30-53H2,1-3H3,(H,69,70)/b10-7-,14-11-,19-16-,23-20-,26-25-,29-28-. The lowest BCUT2D eigenvalue weighted by atomic mass is 9.98. The first kappa shape index (κ1) is 69.2. The molecule has 0 amide bonds. The summed E-state index contributed by atoms with van der Waals surface area (Å²) in [5.74, 6) is -3.15. The van der Waals surface area contributed by atoms with Gasteiger partial charge in [0.25, 0.3) is 0 Å². The summed E-state index contributed by atoms with van der Waals surface area (Å²) in [4.78, 5) is 51.1. The number of ether oxygens (including phenoxy) is 5. The summed E-state index contributed by atoms with van der Waals surface area (Å²) in [7, 11) is 0. The van der Waals surface area contributed by atoms with Crippen molar-refractivity contribution >= 4 is 23.9 Å². The van der Waals surface area contributed by atoms with Gasteiger partial charge < -0.3 is 39.0 Å². The number of hydrogen-bond donors (Lipinski definition) is 3. The average molecular weight is 1060 g/mol. The van der Waals surface area contributed by atoms with E-state index in [-0.39, 0.29) is 25.9 Å². The van der Waals surface area contributed by atoms with Crippen LogP contribution in [0.5, 0.6) is 0 Å². The summed E-state index contributed by atoms with van der Waals surface area (Å²) in [6, 6.07) is 0. The fourth-order valence-electron chi connectivity index (χ4n) is 8.69. The van der Waals surface area contributed by atoms with Crippen LogP contribution in [-0.4, -0.2) is 89.2 Å². The minimum Gasteiger partial charge on any atom is -0.479 e. The second kappa shape index (κ2) is 50.9. The molecule has 0 bridgehead atoms. The number of carboxylic acid groups (broad SMARTS) is 1. The van der Waals surface area contributed by atoms with Crippen molar-refractivity contribution in [1.29, 1.82) is 0 Å². The molecule has 1 fully saturated rings. The van der Waals surface area contributed by atoms with Gasteiger partial charge in [-0.1, -0.05) is 222 Å². The molecule has 0 spiro atoms. The second-order valence-electron chi connectivity index (χ2n) is 20.3. The number of allylic oxidation sites excluding steroid dienone is 12. The van der Waals surface area contributed by atoms with Gasteiger partial charge in [-0.05, 0) is 83.5 Å². The molecule has 0 saturated carbocycles. The summed E-state index contributed by atoms with van der Waals surface area (Å²) in [5, 5.41) is 31.5. The van der Waals surface area contributed by atoms with E-state index in [9.17, 15) is 34.5 Å². The van der Waals surface area contributed by atoms with Gasteiger partial charge >= 0.3 is 23.9 Å². The largest absolute Gasteiger partial charge is 0.479 e. The van der Waals surface area contributed by atoms with Gasteiger partial charge in [-0.3, -0.25) is 14.4 Å². The Morgan fingerprint density at radius 1 is 0.453 bits per heavy atom. The molecular weight excluding hydrogens is 949 g/mol. The van der Waals surface area contributed by atoms with Crippen LogP contribution in [0.2, 0.25) is 0 Å². The maximum atomic E-state index is 13.1. The number of hydrogen-bond acceptors (Lipinski definition) is 11. The van der Waals surface area contributed by atoms with Gasteiger partial charge in [0.15, 0.2) is 24.6 Å². The zero-order valence-corrected chi connectivity index (χ0v) is 47.3. The smallest absolute Gasteiger partial charge is 0.335 e. The highest BCUT2D eigenvalue weighted by Crippen LogP contribution is 2.26. The van der Waals surface area contributed by atoms with Crippen molar-refractivity contribution in [1.82, 2.24) is 0 Å². The maximum absolute atomic E-state index is 13.1. The van der Waals surface area contributed by atoms with Crippen molar-refractivity contribution < 1.29 is 58.2 Å². The third-order valence-electron chi connectivity index (χ3n) is 13.2. The van der Waals surface area contributed by atoms with Gasteiger partial charge in [0.05, 0.1) is 6.61 Å². The maximum Gasteiger partial charge on any atom is 0.335 e. The topological polar surface area (TPSA) is 175 Å². The number of rotatable bonds is 50. The van der Waals surface area contributed by atoms with Crippen LogP contribution in [0.1, 0.15) is 252 Å². The Hall–Kier alpha value is -3.84. The van der Waals surface area contributed by atoms with Crippen LogP contribution in [0.15, 0.2) is 72.9 Å². The van der Waals surface area contributed by atoms with Crippen molar-refractivity contribution in [3.05, 3.63) is 72.9 Å². The number of carboxylic acids is 1. The molecule has 1 aliphatic heterocycles. The van der Waals surface area contributed by atoms with Gasteiger partial charge in [-0.15, -0.1) is 0 Å². The lowest BCUT2D eigenvalue weighted by Crippen LogP contribution is -2.61. The fraction of sp³-hybridized carbons (Fsp3) is 0.746. The first-order valence-corrected chi connectivity index (χ1v) is 29.9. The van der Waals surface area contributed by atoms with Gasteiger partial charge in [0, 0.05) is 19.3 Å². The van der Waals surface area contributed by atoms with E-state index in [1.165, 1.54) is 57.8 Å². The number of unbranched alkanes of at least 4 members (excludes halogenated alkanes) is 24. The van der Waals surface area contributed by atoms with E-state index in [2.05, 4.69) is 93.7 Å². The molecule has 0 aliphatic carbocycles. The third kappa shape index (κ3) is 41.0. The minimum absolute atomic E-state index is 0.0420. The SMILES string of the molecule is CC/C=C\C/C=C\C/C=C\C/C=C\CCCCCCCCC(=O)OC1C(OCC(COC(=O)CCCCCCC/C=C\C/C=C\CCC)OC(=O)CCCCCCCCCCCCCCC)OC(C(=O)O)C(O)C1O. The molecule has 3 N–H and O–H groups in total. The summed E-state index contributed by atoms with van der Waals surface area (Å²) >= 11 is 0. The van der Waals surface area contributed by atoms with Crippen LogP contribution in [0.4, 0.5) is 0 Å². The number of carbonyl (C=O) groups excluding carboxylic acids is 3. The molecule has 12 nitrogen and oxygen atoms in total. The molecule has 6 unspecified atom stereocenters. The predicted octanol–water partition coefficient (Wildman–Crippen LogP) is 15.3. The normalized spacial score (nSPS) is 18.7. The highest BCUT2D eigenvalue weighted by Gasteiger charge is 2.50. The predicted molar refractivity (Wildman–Crippen MR) is 303 cm³/mol. The lowest BCUT2D eigenvalue weighted by molar-refractivity contribution is -0.301. The molecule has 0 aromatic heterocycles. The second-order valence-corrected chi connectivity index (χ2v) is 20.3. The lowest BCUT2D eigenvalue weighted by Gasteiger charge is -2.40. The molecule has 1 aliphatic rings. The molecule has 12 heteroatoms. The first-order chi connectivity index (χ1) is 36.6. The Morgan fingerprint density at radius 3 is 1.33 bits per heavy atom. The molecule has 1 rings (SSSR count). The number of aliphatic hydroxyl groups is 2. The summed E-state index contributed by atoms with van der Waals surface area (Å²) in [5.41, 5.74) is 0. The monoisotopic (exact) mass is 1050 g/mol. The van der Waals surface area contributed by atoms with Gasteiger partial charge in [-0.25, -0.2) is 4.79 Å². The average Bonchev–Trinajstić information content (AvgIpc) is 3.39. The first-order valence-electron chi connectivity index (χ1n) is 29.9. The van der Waals surface area contributed by atoms with E-state index >= 15 is 0 Å². The van der Waals surface area contributed by atoms with Gasteiger partial charge in [0.1, 0.15) is 18.8 Å². The Morgan fingerprint density at radius 2 is 0.867 bits per heavy atom. The Labute approximate surface area is 455 Å². The molecule has 0 radical (unpaired) electrons. The highest BCUT2D eigenvalue weighted by molar-refractivity contribution is 5.74. The van der Waals surface area contributed by atoms with E-state index in [0.717, 1.165) is 135 Å². The minimum atomic E-state index is -1.91. The van der Waals surface area contributed by atoms with Crippen molar-refractivity contribution in [2.75, 3.05) is 13.2 Å². The molecular formula is C63H106O12. The zero-order valence-electron chi connectivity index (χ0n) is 47.3. The van der Waals surface area contributed by atoms with Crippen LogP contribution in [-0.2, 0) is 42.9 Å². The summed E-state index contributed by atoms with van der Waals surface area (Å²) in [6.45, 7) is 5.80. The summed E-state index contributed by atoms with van der Waals surface area (Å²) < 4.78 is 28.4. The third-order valence-corrected chi connectivity index (χ3v) is 13.2. The van der Waals surface area contributed by atoms with Crippen molar-refractivity contribution in [2.24, 2.45) is 0 Å². The molecule has 430 valence electrons. The number of aliphatic hydroxyl groups excluding tert-OH is 2. The van der Waals surface area contributed by atoms with E-state index < -0.39 is 67.3 Å². The Balaban J connectivity index is 2.68. The molecule has 1 heterocycles. The van der Waals surface area contributed by atoms with Crippen molar-refractivity contribution in [3.63, 3.8) is 0 Å². The van der Waals surface area contributed by atoms with Gasteiger partial charge in [-0.2, -0.15) is 0 Å². The number of aliphatic carboxylic acids is 1. The van der Waals surface area contributed by atoms with E-state index in [1.54, 1.807) is 0 Å². The van der Waals surface area contributed by atoms with Crippen molar-refractivity contribution in [2.45, 2.75) is 289 Å². The van der Waals surface area contributed by atoms with Crippen LogP contribution < -0.4 is 0 Å². The van der Waals surface area contributed by atoms with Crippen molar-refractivity contribution in [3.8, 4) is 0 Å². The van der Waals surface area contributed by atoms with Crippen LogP contribution in [0.3, 0.4) is 0 Å². The van der Waals surface area contributed by atoms with Crippen LogP contribution >= 0.6 is 0 Å². The molecule has 6 atom stereocenters. The quantitative estimate of drug-likeness (QED) is 0.0228. The number of esters is 3.